The number of unbranched alkanes of at least 4 members (excludes halogenated alkanes) is 2. The number of likely N-dealkylation sites (N-methyl/N-ethyl adjacent to an activating group) is 1. The molecule has 3 amide bonds. The molecular formula is C14H24N4O3S. The molecule has 0 radical (unpaired) electrons. The zero-order chi connectivity index (χ0) is 16.1. The van der Waals surface area contributed by atoms with Crippen LogP contribution in [0.25, 0.3) is 0 Å². The van der Waals surface area contributed by atoms with Gasteiger partial charge in [0.15, 0.2) is 17.4 Å². The molecule has 2 aliphatic rings. The Morgan fingerprint density at radius 1 is 1.36 bits per heavy atom. The van der Waals surface area contributed by atoms with Crippen LogP contribution in [0.4, 0.5) is 4.79 Å². The largest absolute Gasteiger partial charge is 0.384 e. The van der Waals surface area contributed by atoms with Gasteiger partial charge in [0.25, 0.3) is 5.91 Å². The van der Waals surface area contributed by atoms with Crippen LogP contribution < -0.4 is 5.32 Å². The lowest BCUT2D eigenvalue weighted by Gasteiger charge is -2.36. The molecule has 0 saturated carbocycles. The van der Waals surface area contributed by atoms with Gasteiger partial charge in [0.1, 0.15) is 0 Å². The first-order valence-corrected chi connectivity index (χ1v) is 8.62. The Labute approximate surface area is 135 Å². The van der Waals surface area contributed by atoms with Gasteiger partial charge in [-0.2, -0.15) is 0 Å². The highest BCUT2D eigenvalue weighted by Gasteiger charge is 2.48. The topological polar surface area (TPSA) is 74.2 Å². The fourth-order valence-electron chi connectivity index (χ4n) is 2.60. The minimum Gasteiger partial charge on any atom is -0.384 e. The number of carbonyl (C=O) groups is 2. The second-order valence-corrected chi connectivity index (χ2v) is 6.48. The molecule has 1 N–H and O–H groups in total. The van der Waals surface area contributed by atoms with Crippen LogP contribution >= 0.6 is 11.8 Å². The van der Waals surface area contributed by atoms with Crippen molar-refractivity contribution in [2.75, 3.05) is 33.1 Å². The summed E-state index contributed by atoms with van der Waals surface area (Å²) >= 11 is 1.58. The van der Waals surface area contributed by atoms with E-state index in [9.17, 15) is 9.59 Å². The van der Waals surface area contributed by atoms with Crippen molar-refractivity contribution in [1.29, 1.82) is 0 Å². The summed E-state index contributed by atoms with van der Waals surface area (Å²) in [6.07, 6.45) is 2.82. The van der Waals surface area contributed by atoms with Crippen molar-refractivity contribution in [3.8, 4) is 0 Å². The minimum absolute atomic E-state index is 0.254. The van der Waals surface area contributed by atoms with Crippen LogP contribution in [0.3, 0.4) is 0 Å². The highest BCUT2D eigenvalue weighted by molar-refractivity contribution is 8.13. The van der Waals surface area contributed by atoms with Crippen LogP contribution in [-0.2, 0) is 9.53 Å². The van der Waals surface area contributed by atoms with E-state index in [0.29, 0.717) is 6.61 Å². The van der Waals surface area contributed by atoms with E-state index in [1.165, 1.54) is 4.90 Å². The Morgan fingerprint density at radius 2 is 2.14 bits per heavy atom. The molecule has 0 aromatic heterocycles. The third kappa shape index (κ3) is 3.55. The Morgan fingerprint density at radius 3 is 2.82 bits per heavy atom. The molecule has 2 rings (SSSR count). The van der Waals surface area contributed by atoms with Crippen molar-refractivity contribution in [1.82, 2.24) is 15.1 Å². The smallest absolute Gasteiger partial charge is 0.325 e. The molecule has 2 atom stereocenters. The maximum Gasteiger partial charge on any atom is 0.325 e. The van der Waals surface area contributed by atoms with E-state index in [1.807, 2.05) is 4.90 Å². The van der Waals surface area contributed by atoms with Gasteiger partial charge in [0.05, 0.1) is 6.61 Å². The second-order valence-electron chi connectivity index (χ2n) is 5.42. The molecule has 0 bridgehead atoms. The highest BCUT2D eigenvalue weighted by atomic mass is 32.2. The van der Waals surface area contributed by atoms with Crippen molar-refractivity contribution < 1.29 is 14.3 Å². The molecule has 2 unspecified atom stereocenters. The molecule has 124 valence electrons. The van der Waals surface area contributed by atoms with Crippen LogP contribution in [-0.4, -0.2) is 72.2 Å². The predicted molar refractivity (Wildman–Crippen MR) is 86.9 cm³/mol. The number of amidine groups is 1. The molecule has 7 nitrogen and oxygen atoms in total. The number of rotatable bonds is 7. The number of ether oxygens (including phenoxy) is 1. The fraction of sp³-hybridized carbons (Fsp3) is 0.786. The van der Waals surface area contributed by atoms with Gasteiger partial charge in [-0.3, -0.25) is 10.1 Å². The van der Waals surface area contributed by atoms with Crippen molar-refractivity contribution in [2.45, 2.75) is 38.4 Å². The fourth-order valence-corrected chi connectivity index (χ4v) is 3.59. The Bertz CT molecular complexity index is 457. The Hall–Kier alpha value is -1.28. The maximum absolute atomic E-state index is 12.2. The van der Waals surface area contributed by atoms with Crippen molar-refractivity contribution in [3.05, 3.63) is 0 Å². The Balaban J connectivity index is 2.12. The van der Waals surface area contributed by atoms with Crippen LogP contribution in [0.1, 0.15) is 26.2 Å². The molecule has 0 spiro atoms. The number of imide groups is 1. The molecule has 2 aliphatic heterocycles. The number of hydrogen-bond donors (Lipinski definition) is 1. The van der Waals surface area contributed by atoms with E-state index < -0.39 is 12.2 Å². The van der Waals surface area contributed by atoms with Gasteiger partial charge in [-0.05, 0) is 6.42 Å². The van der Waals surface area contributed by atoms with Gasteiger partial charge >= 0.3 is 6.03 Å². The van der Waals surface area contributed by atoms with E-state index in [1.54, 1.807) is 25.9 Å². The molecule has 2 heterocycles. The lowest BCUT2D eigenvalue weighted by atomic mass is 10.1. The molecule has 0 aromatic carbocycles. The van der Waals surface area contributed by atoms with Gasteiger partial charge in [-0.25, -0.2) is 9.79 Å². The van der Waals surface area contributed by atoms with E-state index >= 15 is 0 Å². The average molecular weight is 328 g/mol. The number of aliphatic imine (C=N–C) groups is 1. The summed E-state index contributed by atoms with van der Waals surface area (Å²) in [5, 5.41) is 3.24. The summed E-state index contributed by atoms with van der Waals surface area (Å²) in [4.78, 5) is 32.2. The van der Waals surface area contributed by atoms with Crippen molar-refractivity contribution >= 4 is 28.9 Å². The predicted octanol–water partition coefficient (Wildman–Crippen LogP) is 1.10. The number of fused-ring (bicyclic) bond motifs is 1. The number of nitrogens with zero attached hydrogens (tertiary/aromatic N) is 3. The average Bonchev–Trinajstić information content (AvgIpc) is 2.85. The number of hydrogen-bond acceptors (Lipinski definition) is 6. The summed E-state index contributed by atoms with van der Waals surface area (Å²) in [6.45, 7) is 3.56. The molecule has 22 heavy (non-hydrogen) atoms. The van der Waals surface area contributed by atoms with Crippen LogP contribution in [0, 0.1) is 0 Å². The minimum atomic E-state index is -0.423. The van der Waals surface area contributed by atoms with Gasteiger partial charge in [-0.1, -0.05) is 31.5 Å². The number of carbonyl (C=O) groups excluding carboxylic acids is 2. The van der Waals surface area contributed by atoms with Crippen LogP contribution in [0.2, 0.25) is 0 Å². The molecule has 1 fully saturated rings. The van der Waals surface area contributed by atoms with Crippen molar-refractivity contribution in [3.63, 3.8) is 0 Å². The van der Waals surface area contributed by atoms with E-state index in [2.05, 4.69) is 17.2 Å². The SMILES string of the molecule is CCCCCN1C(SCCOC)=NC2C1C(=O)NC(=O)N2C. The Kier molecular flexibility index (Phi) is 6.07. The summed E-state index contributed by atoms with van der Waals surface area (Å²) in [5.41, 5.74) is 0. The zero-order valence-corrected chi connectivity index (χ0v) is 14.2. The molecule has 0 aliphatic carbocycles. The number of thioether (sulfide) groups is 1. The highest BCUT2D eigenvalue weighted by Crippen LogP contribution is 2.28. The number of nitrogens with one attached hydrogen (secondary N) is 1. The van der Waals surface area contributed by atoms with Crippen LogP contribution in [0.15, 0.2) is 4.99 Å². The first kappa shape index (κ1) is 17.1. The number of urea groups is 1. The van der Waals surface area contributed by atoms with E-state index in [-0.39, 0.29) is 11.9 Å². The molecule has 0 aromatic rings. The summed E-state index contributed by atoms with van der Waals surface area (Å²) in [6, 6.07) is -0.795. The van der Waals surface area contributed by atoms with Crippen LogP contribution in [0.5, 0.6) is 0 Å². The third-order valence-electron chi connectivity index (χ3n) is 3.84. The van der Waals surface area contributed by atoms with E-state index in [4.69, 9.17) is 4.74 Å². The van der Waals surface area contributed by atoms with E-state index in [0.717, 1.165) is 36.7 Å². The zero-order valence-electron chi connectivity index (χ0n) is 13.4. The third-order valence-corrected chi connectivity index (χ3v) is 4.81. The number of amides is 3. The van der Waals surface area contributed by atoms with Gasteiger partial charge in [0, 0.05) is 26.5 Å². The lowest BCUT2D eigenvalue weighted by molar-refractivity contribution is -0.127. The molecule has 8 heteroatoms. The summed E-state index contributed by atoms with van der Waals surface area (Å²) in [7, 11) is 3.34. The first-order valence-electron chi connectivity index (χ1n) is 7.64. The van der Waals surface area contributed by atoms with Gasteiger partial charge in [0.2, 0.25) is 0 Å². The molecular weight excluding hydrogens is 304 g/mol. The monoisotopic (exact) mass is 328 g/mol. The lowest BCUT2D eigenvalue weighted by Crippen LogP contribution is -2.63. The van der Waals surface area contributed by atoms with Crippen molar-refractivity contribution in [2.24, 2.45) is 4.99 Å². The summed E-state index contributed by atoms with van der Waals surface area (Å²) < 4.78 is 5.08. The van der Waals surface area contributed by atoms with Gasteiger partial charge < -0.3 is 14.5 Å². The first-order chi connectivity index (χ1) is 10.6. The number of methoxy groups -OCH3 is 1. The standard InChI is InChI=1S/C14H24N4O3S/c1-4-5-6-7-18-10-11(15-14(18)22-9-8-21-3)17(2)13(20)16-12(10)19/h10-11H,4-9H2,1-3H3,(H,16,19,20). The normalized spacial score (nSPS) is 24.4. The summed E-state index contributed by atoms with van der Waals surface area (Å²) in [5.74, 6) is 0.522. The van der Waals surface area contributed by atoms with Gasteiger partial charge in [-0.15, -0.1) is 0 Å². The second kappa shape index (κ2) is 7.82. The quantitative estimate of drug-likeness (QED) is 0.709. The molecule has 1 saturated heterocycles. The maximum atomic E-state index is 12.2.